The van der Waals surface area contributed by atoms with Crippen LogP contribution in [0.15, 0.2) is 89.8 Å². The molecule has 0 heterocycles. The molecule has 1 amide bonds. The third kappa shape index (κ3) is 9.06. The summed E-state index contributed by atoms with van der Waals surface area (Å²) >= 11 is 0. The quantitative estimate of drug-likeness (QED) is 0.186. The summed E-state index contributed by atoms with van der Waals surface area (Å²) in [5.74, 6) is 1.06. The zero-order valence-corrected chi connectivity index (χ0v) is 21.6. The van der Waals surface area contributed by atoms with Crippen LogP contribution in [0.25, 0.3) is 0 Å². The van der Waals surface area contributed by atoms with Crippen molar-refractivity contribution in [2.24, 2.45) is 0 Å². The third-order valence-corrected chi connectivity index (χ3v) is 7.29. The lowest BCUT2D eigenvalue weighted by Gasteiger charge is -2.28. The predicted molar refractivity (Wildman–Crippen MR) is 136 cm³/mol. The molecule has 0 aliphatic heterocycles. The first-order valence-corrected chi connectivity index (χ1v) is 14.2. The molecule has 198 valence electrons. The average molecular weight is 550 g/mol. The molecule has 13 heteroatoms. The van der Waals surface area contributed by atoms with E-state index in [9.17, 15) is 17.8 Å². The van der Waals surface area contributed by atoms with Gasteiger partial charge in [-0.2, -0.15) is 5.06 Å². The number of para-hydroxylation sites is 1. The Morgan fingerprint density at radius 2 is 1.49 bits per heavy atom. The Labute approximate surface area is 215 Å². The van der Waals surface area contributed by atoms with Crippen LogP contribution in [0.2, 0.25) is 0 Å². The van der Waals surface area contributed by atoms with Crippen LogP contribution in [0.3, 0.4) is 0 Å². The molecule has 4 N–H and O–H groups in total. The van der Waals surface area contributed by atoms with Crippen molar-refractivity contribution in [1.29, 1.82) is 0 Å². The molecule has 3 rings (SSSR count). The van der Waals surface area contributed by atoms with E-state index in [0.29, 0.717) is 11.5 Å². The van der Waals surface area contributed by atoms with Crippen molar-refractivity contribution < 1.29 is 37.1 Å². The summed E-state index contributed by atoms with van der Waals surface area (Å²) in [6.07, 6.45) is 0. The molecule has 0 spiro atoms. The minimum absolute atomic E-state index is 0.0150. The highest BCUT2D eigenvalue weighted by molar-refractivity contribution is 7.89. The molecule has 0 fully saturated rings. The van der Waals surface area contributed by atoms with Crippen LogP contribution >= 0.6 is 7.60 Å². The monoisotopic (exact) mass is 549 g/mol. The number of ether oxygens (including phenoxy) is 1. The fourth-order valence-corrected chi connectivity index (χ4v) is 4.46. The molecule has 0 aliphatic carbocycles. The Morgan fingerprint density at radius 1 is 0.919 bits per heavy atom. The third-order valence-electron chi connectivity index (χ3n) is 5.17. The lowest BCUT2D eigenvalue weighted by Crippen LogP contribution is -2.48. The van der Waals surface area contributed by atoms with E-state index in [0.717, 1.165) is 5.56 Å². The standard InChI is InChI=1S/C24H28N3O8PS/c1-27(34-18-19-8-4-2-5-9-19)20(16-25-24(28)36(29,30)31)17-26-37(32,33)23-14-12-22(13-15-23)35-21-10-6-3-7-11-21/h2-15,20,26H,16-18H2,1H3,(H,25,28)(H2,29,30,31)/t20-/m0/s1. The SMILES string of the molecule is CN(OCc1ccccc1)[C@@H](CNC(=O)P(=O)(O)O)CNS(=O)(=O)c1ccc(Oc2ccccc2)cc1. The summed E-state index contributed by atoms with van der Waals surface area (Å²) in [5, 5.41) is 3.46. The van der Waals surface area contributed by atoms with Crippen molar-refractivity contribution in [2.45, 2.75) is 17.5 Å². The van der Waals surface area contributed by atoms with E-state index in [1.165, 1.54) is 36.4 Å². The van der Waals surface area contributed by atoms with Gasteiger partial charge < -0.3 is 19.8 Å². The van der Waals surface area contributed by atoms with E-state index < -0.39 is 29.3 Å². The van der Waals surface area contributed by atoms with Gasteiger partial charge in [0, 0.05) is 20.1 Å². The minimum atomic E-state index is -5.00. The van der Waals surface area contributed by atoms with Crippen molar-refractivity contribution in [3.8, 4) is 11.5 Å². The van der Waals surface area contributed by atoms with E-state index >= 15 is 0 Å². The topological polar surface area (TPSA) is 154 Å². The highest BCUT2D eigenvalue weighted by atomic mass is 32.2. The van der Waals surface area contributed by atoms with Crippen LogP contribution in [0, 0.1) is 0 Å². The first kappa shape index (κ1) is 28.5. The zero-order valence-electron chi connectivity index (χ0n) is 19.9. The Kier molecular flexibility index (Phi) is 9.95. The fraction of sp³-hybridized carbons (Fsp3) is 0.208. The van der Waals surface area contributed by atoms with Crippen LogP contribution in [-0.2, 0) is 26.0 Å². The molecule has 0 unspecified atom stereocenters. The Balaban J connectivity index is 1.65. The van der Waals surface area contributed by atoms with Crippen LogP contribution < -0.4 is 14.8 Å². The van der Waals surface area contributed by atoms with E-state index in [-0.39, 0.29) is 24.6 Å². The fourth-order valence-electron chi connectivity index (χ4n) is 3.09. The Bertz CT molecular complexity index is 1300. The highest BCUT2D eigenvalue weighted by Gasteiger charge is 2.28. The molecule has 0 bridgehead atoms. The molecule has 0 aromatic heterocycles. The number of amides is 1. The molecule has 3 aromatic carbocycles. The normalized spacial score (nSPS) is 12.8. The number of sulfonamides is 1. The number of carbonyl (C=O) groups is 1. The number of likely N-dealkylation sites (N-methyl/N-ethyl adjacent to an activating group) is 1. The number of nitrogens with zero attached hydrogens (tertiary/aromatic N) is 1. The molecule has 3 aromatic rings. The first-order valence-electron chi connectivity index (χ1n) is 11.1. The van der Waals surface area contributed by atoms with Gasteiger partial charge in [0.25, 0.3) is 0 Å². The summed E-state index contributed by atoms with van der Waals surface area (Å²) in [7, 11) is -7.43. The molecule has 11 nitrogen and oxygen atoms in total. The van der Waals surface area contributed by atoms with Crippen LogP contribution in [-0.4, -0.2) is 55.1 Å². The van der Waals surface area contributed by atoms with Gasteiger partial charge in [-0.05, 0) is 42.0 Å². The van der Waals surface area contributed by atoms with Crippen LogP contribution in [0.5, 0.6) is 11.5 Å². The minimum Gasteiger partial charge on any atom is -0.457 e. The number of hydrogen-bond acceptors (Lipinski definition) is 7. The maximum atomic E-state index is 12.9. The molecule has 37 heavy (non-hydrogen) atoms. The first-order chi connectivity index (χ1) is 17.5. The Morgan fingerprint density at radius 3 is 2.08 bits per heavy atom. The van der Waals surface area contributed by atoms with Gasteiger partial charge in [0.1, 0.15) is 11.5 Å². The number of hydrogen-bond donors (Lipinski definition) is 4. The van der Waals surface area contributed by atoms with Gasteiger partial charge in [-0.15, -0.1) is 0 Å². The lowest BCUT2D eigenvalue weighted by atomic mass is 10.2. The number of rotatable bonds is 13. The van der Waals surface area contributed by atoms with Gasteiger partial charge in [0.05, 0.1) is 17.5 Å². The Hall–Kier alpha value is -3.09. The maximum Gasteiger partial charge on any atom is 0.413 e. The number of carbonyl (C=O) groups excluding carboxylic acids is 1. The summed E-state index contributed by atoms with van der Waals surface area (Å²) in [6, 6.07) is 23.3. The predicted octanol–water partition coefficient (Wildman–Crippen LogP) is 3.08. The smallest absolute Gasteiger partial charge is 0.413 e. The molecule has 0 saturated heterocycles. The van der Waals surface area contributed by atoms with Gasteiger partial charge >= 0.3 is 13.2 Å². The molecular weight excluding hydrogens is 521 g/mol. The van der Waals surface area contributed by atoms with Crippen LogP contribution in [0.4, 0.5) is 4.79 Å². The number of nitrogens with one attached hydrogen (secondary N) is 2. The molecule has 1 atom stereocenters. The molecule has 0 aliphatic rings. The maximum absolute atomic E-state index is 12.9. The van der Waals surface area contributed by atoms with Gasteiger partial charge in [-0.3, -0.25) is 9.63 Å². The summed E-state index contributed by atoms with van der Waals surface area (Å²) < 4.78 is 45.1. The summed E-state index contributed by atoms with van der Waals surface area (Å²) in [4.78, 5) is 35.4. The summed E-state index contributed by atoms with van der Waals surface area (Å²) in [5.41, 5.74) is -0.614. The van der Waals surface area contributed by atoms with Crippen molar-refractivity contribution in [3.63, 3.8) is 0 Å². The van der Waals surface area contributed by atoms with Gasteiger partial charge in [0.2, 0.25) is 10.0 Å². The number of hydroxylamine groups is 2. The second kappa shape index (κ2) is 12.9. The van der Waals surface area contributed by atoms with Crippen LogP contribution in [0.1, 0.15) is 5.56 Å². The highest BCUT2D eigenvalue weighted by Crippen LogP contribution is 2.34. The largest absolute Gasteiger partial charge is 0.457 e. The van der Waals surface area contributed by atoms with Crippen molar-refractivity contribution in [2.75, 3.05) is 20.1 Å². The number of benzene rings is 3. The van der Waals surface area contributed by atoms with Crippen molar-refractivity contribution >= 4 is 23.3 Å². The van der Waals surface area contributed by atoms with Gasteiger partial charge in [0.15, 0.2) is 0 Å². The molecule has 0 radical (unpaired) electrons. The van der Waals surface area contributed by atoms with E-state index in [4.69, 9.17) is 19.4 Å². The lowest BCUT2D eigenvalue weighted by molar-refractivity contribution is -0.175. The van der Waals surface area contributed by atoms with Crippen molar-refractivity contribution in [3.05, 3.63) is 90.5 Å². The second-order valence-electron chi connectivity index (χ2n) is 7.93. The average Bonchev–Trinajstić information content (AvgIpc) is 2.88. The molecule has 0 saturated carbocycles. The van der Waals surface area contributed by atoms with E-state index in [1.54, 1.807) is 12.1 Å². The van der Waals surface area contributed by atoms with E-state index in [1.807, 2.05) is 48.5 Å². The molecular formula is C24H28N3O8PS. The van der Waals surface area contributed by atoms with Gasteiger partial charge in [-0.1, -0.05) is 48.5 Å². The van der Waals surface area contributed by atoms with E-state index in [2.05, 4.69) is 10.0 Å². The summed E-state index contributed by atoms with van der Waals surface area (Å²) in [6.45, 7) is -0.352. The second-order valence-corrected chi connectivity index (χ2v) is 11.2. The van der Waals surface area contributed by atoms with Gasteiger partial charge in [-0.25, -0.2) is 17.7 Å². The zero-order chi connectivity index (χ0) is 26.9. The van der Waals surface area contributed by atoms with Crippen molar-refractivity contribution in [1.82, 2.24) is 15.1 Å².